The minimum atomic E-state index is -0.313. The largest absolute Gasteiger partial charge is 0.355 e. The third-order valence-corrected chi connectivity index (χ3v) is 3.25. The van der Waals surface area contributed by atoms with Gasteiger partial charge < -0.3 is 9.05 Å². The number of halogens is 1. The molecule has 0 saturated heterocycles. The van der Waals surface area contributed by atoms with E-state index in [9.17, 15) is 4.39 Å². The van der Waals surface area contributed by atoms with Crippen LogP contribution in [-0.4, -0.2) is 25.1 Å². The van der Waals surface area contributed by atoms with Crippen LogP contribution in [0.1, 0.15) is 0 Å². The first-order valence-electron chi connectivity index (χ1n) is 6.75. The predicted molar refractivity (Wildman–Crippen MR) is 77.4 cm³/mol. The average molecular weight is 311 g/mol. The molecule has 4 aromatic rings. The van der Waals surface area contributed by atoms with Crippen molar-refractivity contribution in [2.75, 3.05) is 0 Å². The highest BCUT2D eigenvalue weighted by molar-refractivity contribution is 5.63. The Labute approximate surface area is 129 Å². The van der Waals surface area contributed by atoms with Crippen molar-refractivity contribution in [1.29, 1.82) is 0 Å². The second-order valence-electron chi connectivity index (χ2n) is 4.91. The van der Waals surface area contributed by atoms with Gasteiger partial charge in [0.2, 0.25) is 5.82 Å². The van der Waals surface area contributed by atoms with Crippen LogP contribution in [0.4, 0.5) is 4.39 Å². The van der Waals surface area contributed by atoms with Crippen LogP contribution < -0.4 is 0 Å². The fourth-order valence-corrected chi connectivity index (χ4v) is 2.11. The van der Waals surface area contributed by atoms with Gasteiger partial charge in [-0.15, -0.1) is 0 Å². The van der Waals surface area contributed by atoms with E-state index in [4.69, 9.17) is 9.05 Å². The highest BCUT2D eigenvalue weighted by atomic mass is 19.1. The summed E-state index contributed by atoms with van der Waals surface area (Å²) in [6.45, 7) is 0. The van der Waals surface area contributed by atoms with Crippen molar-refractivity contribution >= 4 is 0 Å². The van der Waals surface area contributed by atoms with E-state index in [1.54, 1.807) is 42.3 Å². The second-order valence-corrected chi connectivity index (χ2v) is 4.91. The Morgan fingerprint density at radius 2 is 1.87 bits per heavy atom. The van der Waals surface area contributed by atoms with E-state index in [2.05, 4.69) is 20.4 Å². The van der Waals surface area contributed by atoms with Crippen molar-refractivity contribution in [2.24, 2.45) is 7.05 Å². The van der Waals surface area contributed by atoms with Gasteiger partial charge in [0.15, 0.2) is 11.5 Å². The monoisotopic (exact) mass is 311 g/mol. The molecule has 4 rings (SSSR count). The molecule has 0 saturated carbocycles. The number of hydrogen-bond donors (Lipinski definition) is 0. The minimum Gasteiger partial charge on any atom is -0.355 e. The summed E-state index contributed by atoms with van der Waals surface area (Å²) in [6, 6.07) is 7.58. The molecule has 0 aliphatic rings. The number of aryl methyl sites for hydroxylation is 1. The first-order chi connectivity index (χ1) is 11.2. The maximum atomic E-state index is 13.0. The first-order valence-corrected chi connectivity index (χ1v) is 6.75. The fraction of sp³-hybridized carbons (Fsp3) is 0.0667. The van der Waals surface area contributed by atoms with E-state index in [-0.39, 0.29) is 11.7 Å². The van der Waals surface area contributed by atoms with Crippen molar-refractivity contribution < 1.29 is 13.4 Å². The highest BCUT2D eigenvalue weighted by Gasteiger charge is 2.16. The number of rotatable bonds is 3. The molecule has 0 N–H and O–H groups in total. The molecular weight excluding hydrogens is 301 g/mol. The molecule has 0 aliphatic heterocycles. The Hall–Kier alpha value is -3.29. The molecule has 114 valence electrons. The normalized spacial score (nSPS) is 11.0. The summed E-state index contributed by atoms with van der Waals surface area (Å²) in [5, 5.41) is 11.9. The van der Waals surface area contributed by atoms with E-state index in [1.165, 1.54) is 12.1 Å². The third kappa shape index (κ3) is 2.50. The molecule has 0 aliphatic carbocycles. The summed E-state index contributed by atoms with van der Waals surface area (Å²) in [5.74, 6) is 0.827. The molecule has 0 fully saturated rings. The van der Waals surface area contributed by atoms with E-state index < -0.39 is 0 Å². The zero-order chi connectivity index (χ0) is 15.8. The molecule has 7 nitrogen and oxygen atoms in total. The van der Waals surface area contributed by atoms with Crippen LogP contribution in [0.3, 0.4) is 0 Å². The number of hydrogen-bond acceptors (Lipinski definition) is 6. The zero-order valence-corrected chi connectivity index (χ0v) is 12.0. The van der Waals surface area contributed by atoms with Crippen LogP contribution in [-0.2, 0) is 7.05 Å². The maximum Gasteiger partial charge on any atom is 0.280 e. The van der Waals surface area contributed by atoms with Crippen LogP contribution in [0.15, 0.2) is 51.8 Å². The lowest BCUT2D eigenvalue weighted by atomic mass is 10.1. The van der Waals surface area contributed by atoms with Gasteiger partial charge >= 0.3 is 0 Å². The standard InChI is InChI=1S/C15H10FN5O2/c1-21-8-10(7-17-21)14-18-15(23-20-14)12-6-13(22-19-12)9-2-4-11(16)5-3-9/h2-8H,1H3. The smallest absolute Gasteiger partial charge is 0.280 e. The fourth-order valence-electron chi connectivity index (χ4n) is 2.11. The number of benzene rings is 1. The van der Waals surface area contributed by atoms with Crippen LogP contribution in [0.5, 0.6) is 0 Å². The molecule has 0 radical (unpaired) electrons. The van der Waals surface area contributed by atoms with Gasteiger partial charge in [-0.3, -0.25) is 4.68 Å². The summed E-state index contributed by atoms with van der Waals surface area (Å²) in [5.41, 5.74) is 1.86. The Bertz CT molecular complexity index is 954. The molecular formula is C15H10FN5O2. The topological polar surface area (TPSA) is 82.8 Å². The van der Waals surface area contributed by atoms with Gasteiger partial charge in [0.1, 0.15) is 5.82 Å². The van der Waals surface area contributed by atoms with Crippen molar-refractivity contribution in [3.8, 4) is 34.3 Å². The summed E-state index contributed by atoms with van der Waals surface area (Å²) >= 11 is 0. The molecule has 0 bridgehead atoms. The summed E-state index contributed by atoms with van der Waals surface area (Å²) in [7, 11) is 1.80. The Morgan fingerprint density at radius 1 is 1.04 bits per heavy atom. The van der Waals surface area contributed by atoms with Gasteiger partial charge in [0.05, 0.1) is 11.8 Å². The average Bonchev–Trinajstić information content (AvgIpc) is 3.27. The van der Waals surface area contributed by atoms with E-state index in [1.807, 2.05) is 0 Å². The molecule has 0 unspecified atom stereocenters. The summed E-state index contributed by atoms with van der Waals surface area (Å²) in [4.78, 5) is 4.27. The molecule has 1 aromatic carbocycles. The molecule has 8 heteroatoms. The minimum absolute atomic E-state index is 0.237. The number of aromatic nitrogens is 5. The van der Waals surface area contributed by atoms with Crippen molar-refractivity contribution in [3.05, 3.63) is 48.5 Å². The lowest BCUT2D eigenvalue weighted by Gasteiger charge is -1.93. The molecule has 23 heavy (non-hydrogen) atoms. The highest BCUT2D eigenvalue weighted by Crippen LogP contribution is 2.26. The molecule has 0 spiro atoms. The van der Waals surface area contributed by atoms with Crippen LogP contribution in [0.2, 0.25) is 0 Å². The summed E-state index contributed by atoms with van der Waals surface area (Å²) in [6.07, 6.45) is 3.42. The van der Waals surface area contributed by atoms with E-state index in [0.29, 0.717) is 22.8 Å². The van der Waals surface area contributed by atoms with Crippen LogP contribution >= 0.6 is 0 Å². The van der Waals surface area contributed by atoms with Crippen molar-refractivity contribution in [3.63, 3.8) is 0 Å². The quantitative estimate of drug-likeness (QED) is 0.578. The van der Waals surface area contributed by atoms with Gasteiger partial charge in [-0.2, -0.15) is 10.1 Å². The van der Waals surface area contributed by atoms with Gasteiger partial charge in [-0.25, -0.2) is 4.39 Å². The van der Waals surface area contributed by atoms with E-state index in [0.717, 1.165) is 5.56 Å². The summed E-state index contributed by atoms with van der Waals surface area (Å²) < 4.78 is 25.0. The van der Waals surface area contributed by atoms with Crippen LogP contribution in [0, 0.1) is 5.82 Å². The van der Waals surface area contributed by atoms with Gasteiger partial charge in [-0.05, 0) is 24.3 Å². The predicted octanol–water partition coefficient (Wildman–Crippen LogP) is 2.93. The van der Waals surface area contributed by atoms with Crippen molar-refractivity contribution in [2.45, 2.75) is 0 Å². The Kier molecular flexibility index (Phi) is 3.00. The Balaban J connectivity index is 1.64. The number of nitrogens with zero attached hydrogens (tertiary/aromatic N) is 5. The van der Waals surface area contributed by atoms with Gasteiger partial charge in [0, 0.05) is 24.9 Å². The zero-order valence-electron chi connectivity index (χ0n) is 12.0. The van der Waals surface area contributed by atoms with Gasteiger partial charge in [-0.1, -0.05) is 10.3 Å². The van der Waals surface area contributed by atoms with Crippen LogP contribution in [0.25, 0.3) is 34.3 Å². The first kappa shape index (κ1) is 13.4. The molecule has 3 heterocycles. The molecule has 3 aromatic heterocycles. The van der Waals surface area contributed by atoms with Gasteiger partial charge in [0.25, 0.3) is 5.89 Å². The maximum absolute atomic E-state index is 13.0. The lowest BCUT2D eigenvalue weighted by Crippen LogP contribution is -1.84. The second kappa shape index (κ2) is 5.16. The SMILES string of the molecule is Cn1cc(-c2noc(-c3cc(-c4ccc(F)cc4)on3)n2)cn1. The van der Waals surface area contributed by atoms with E-state index >= 15 is 0 Å². The third-order valence-electron chi connectivity index (χ3n) is 3.25. The Morgan fingerprint density at radius 3 is 2.61 bits per heavy atom. The van der Waals surface area contributed by atoms with Crippen molar-refractivity contribution in [1.82, 2.24) is 25.1 Å². The lowest BCUT2D eigenvalue weighted by molar-refractivity contribution is 0.411. The molecule has 0 amide bonds. The molecule has 0 atom stereocenters.